The molecule has 1 aliphatic rings. The summed E-state index contributed by atoms with van der Waals surface area (Å²) in [5.74, 6) is 1.50. The molecule has 0 amide bonds. The fourth-order valence-corrected chi connectivity index (χ4v) is 3.57. The number of aryl methyl sites for hydroxylation is 1. The summed E-state index contributed by atoms with van der Waals surface area (Å²) in [4.78, 5) is 12.8. The Hall–Kier alpha value is -2.91. The van der Waals surface area contributed by atoms with Crippen molar-refractivity contribution in [3.63, 3.8) is 0 Å². The summed E-state index contributed by atoms with van der Waals surface area (Å²) in [6.07, 6.45) is 5.23. The van der Waals surface area contributed by atoms with Crippen molar-refractivity contribution in [2.75, 3.05) is 17.7 Å². The summed E-state index contributed by atoms with van der Waals surface area (Å²) in [5.41, 5.74) is 2.20. The van der Waals surface area contributed by atoms with E-state index in [0.29, 0.717) is 36.1 Å². The van der Waals surface area contributed by atoms with Gasteiger partial charge in [-0.05, 0) is 48.6 Å². The van der Waals surface area contributed by atoms with Crippen molar-refractivity contribution in [3.05, 3.63) is 60.2 Å². The smallest absolute Gasteiger partial charge is 0.230 e. The Morgan fingerprint density at radius 3 is 2.87 bits per heavy atom. The molecule has 9 heteroatoms. The maximum Gasteiger partial charge on any atom is 0.230 e. The highest BCUT2D eigenvalue weighted by Crippen LogP contribution is 2.34. The molecule has 1 heterocycles. The number of ether oxygens (including phenoxy) is 1. The Kier molecular flexibility index (Phi) is 6.83. The van der Waals surface area contributed by atoms with Crippen LogP contribution in [0.5, 0.6) is 5.75 Å². The lowest BCUT2D eigenvalue weighted by Crippen LogP contribution is -2.04. The summed E-state index contributed by atoms with van der Waals surface area (Å²) in [6.45, 7) is 0.526. The Morgan fingerprint density at radius 1 is 1.19 bits per heavy atom. The normalized spacial score (nSPS) is 14.3. The van der Waals surface area contributed by atoms with Gasteiger partial charge in [0.25, 0.3) is 0 Å². The number of hydrogen-bond donors (Lipinski definition) is 1. The van der Waals surface area contributed by atoms with Crippen LogP contribution in [0.2, 0.25) is 0 Å². The van der Waals surface area contributed by atoms with Crippen LogP contribution in [-0.2, 0) is 17.5 Å². The minimum absolute atomic E-state index is 0.0629. The molecule has 7 nitrogen and oxygen atoms in total. The van der Waals surface area contributed by atoms with Gasteiger partial charge in [0.15, 0.2) is 5.82 Å². The second kappa shape index (κ2) is 9.93. The number of benzene rings is 2. The van der Waals surface area contributed by atoms with Gasteiger partial charge >= 0.3 is 0 Å². The molecule has 1 atom stereocenters. The molecule has 1 fully saturated rings. The van der Waals surface area contributed by atoms with Gasteiger partial charge in [0.2, 0.25) is 5.95 Å². The molecule has 0 bridgehead atoms. The van der Waals surface area contributed by atoms with E-state index in [1.165, 1.54) is 31.3 Å². The Balaban J connectivity index is 1.51. The second-order valence-corrected chi connectivity index (χ2v) is 8.45. The molecule has 1 aromatic heterocycles. The molecule has 0 saturated heterocycles. The maximum atomic E-state index is 13.8. The van der Waals surface area contributed by atoms with Gasteiger partial charge in [0, 0.05) is 17.5 Å². The van der Waals surface area contributed by atoms with E-state index < -0.39 is 11.1 Å². The van der Waals surface area contributed by atoms with Gasteiger partial charge < -0.3 is 14.6 Å². The molecule has 0 spiro atoms. The van der Waals surface area contributed by atoms with Crippen LogP contribution in [-0.4, -0.2) is 36.1 Å². The molecule has 3 aromatic rings. The van der Waals surface area contributed by atoms with Gasteiger partial charge in [-0.1, -0.05) is 36.1 Å². The second-order valence-electron chi connectivity index (χ2n) is 7.44. The quantitative estimate of drug-likeness (QED) is 0.474. The highest BCUT2D eigenvalue weighted by Gasteiger charge is 2.21. The Bertz CT molecular complexity index is 1080. The molecule has 2 aromatic carbocycles. The van der Waals surface area contributed by atoms with Crippen LogP contribution in [0.4, 0.5) is 16.0 Å². The van der Waals surface area contributed by atoms with Crippen LogP contribution in [0, 0.1) is 11.7 Å². The molecule has 162 valence electrons. The zero-order valence-corrected chi connectivity index (χ0v) is 17.6. The summed E-state index contributed by atoms with van der Waals surface area (Å²) >= 11 is -2.08. The first-order valence-electron chi connectivity index (χ1n) is 10.1. The van der Waals surface area contributed by atoms with E-state index in [2.05, 4.69) is 20.3 Å². The molecular formula is C22H22FN4O3S-. The lowest BCUT2D eigenvalue weighted by atomic mass is 10.1. The average Bonchev–Trinajstić information content (AvgIpc) is 3.57. The zero-order valence-electron chi connectivity index (χ0n) is 16.8. The topological polar surface area (TPSA) is 100 Å². The third-order valence-electron chi connectivity index (χ3n) is 4.98. The lowest BCUT2D eigenvalue weighted by Gasteiger charge is -2.12. The minimum atomic E-state index is -2.08. The van der Waals surface area contributed by atoms with Crippen LogP contribution in [0.15, 0.2) is 48.8 Å². The summed E-state index contributed by atoms with van der Waals surface area (Å²) in [7, 11) is 0. The van der Waals surface area contributed by atoms with Crippen LogP contribution < -0.4 is 10.1 Å². The molecule has 1 aliphatic carbocycles. The van der Waals surface area contributed by atoms with Crippen molar-refractivity contribution in [2.45, 2.75) is 25.7 Å². The number of hydrogen-bond acceptors (Lipinski definition) is 7. The van der Waals surface area contributed by atoms with Crippen LogP contribution in [0.25, 0.3) is 11.4 Å². The number of rotatable bonds is 10. The fraction of sp³-hybridized carbons (Fsp3) is 0.318. The molecule has 1 unspecified atom stereocenters. The van der Waals surface area contributed by atoms with Crippen molar-refractivity contribution in [2.24, 2.45) is 5.92 Å². The van der Waals surface area contributed by atoms with E-state index >= 15 is 0 Å². The van der Waals surface area contributed by atoms with Crippen molar-refractivity contribution in [3.8, 4) is 17.1 Å². The van der Waals surface area contributed by atoms with Crippen LogP contribution in [0.3, 0.4) is 0 Å². The summed E-state index contributed by atoms with van der Waals surface area (Å²) in [5, 5.41) is 3.11. The summed E-state index contributed by atoms with van der Waals surface area (Å²) < 4.78 is 41.2. The van der Waals surface area contributed by atoms with E-state index in [1.807, 2.05) is 24.3 Å². The summed E-state index contributed by atoms with van der Waals surface area (Å²) in [6, 6.07) is 11.7. The predicted octanol–water partition coefficient (Wildman–Crippen LogP) is 4.02. The monoisotopic (exact) mass is 441 g/mol. The third kappa shape index (κ3) is 6.28. The van der Waals surface area contributed by atoms with E-state index in [0.717, 1.165) is 23.6 Å². The molecule has 4 rings (SSSR count). The van der Waals surface area contributed by atoms with Gasteiger partial charge in [-0.15, -0.1) is 0 Å². The fourth-order valence-electron chi connectivity index (χ4n) is 3.16. The van der Waals surface area contributed by atoms with Crippen molar-refractivity contribution in [1.29, 1.82) is 0 Å². The molecule has 1 saturated carbocycles. The van der Waals surface area contributed by atoms with Crippen LogP contribution in [0.1, 0.15) is 24.8 Å². The largest absolute Gasteiger partial charge is 0.772 e. The molecule has 31 heavy (non-hydrogen) atoms. The first-order valence-corrected chi connectivity index (χ1v) is 11.3. The highest BCUT2D eigenvalue weighted by atomic mass is 32.2. The van der Waals surface area contributed by atoms with Gasteiger partial charge in [0.1, 0.15) is 17.9 Å². The lowest BCUT2D eigenvalue weighted by molar-refractivity contribution is 0.302. The maximum absolute atomic E-state index is 13.8. The van der Waals surface area contributed by atoms with Crippen molar-refractivity contribution in [1.82, 2.24) is 15.0 Å². The van der Waals surface area contributed by atoms with Crippen LogP contribution >= 0.6 is 0 Å². The molecule has 0 aliphatic heterocycles. The first kappa shape index (κ1) is 21.3. The van der Waals surface area contributed by atoms with E-state index in [9.17, 15) is 13.2 Å². The van der Waals surface area contributed by atoms with Gasteiger partial charge in [-0.3, -0.25) is 4.21 Å². The Morgan fingerprint density at radius 2 is 2.06 bits per heavy atom. The molecule has 0 radical (unpaired) electrons. The Labute approximate surface area is 182 Å². The number of anilines is 2. The first-order chi connectivity index (χ1) is 15.1. The average molecular weight is 442 g/mol. The third-order valence-corrected chi connectivity index (χ3v) is 5.51. The van der Waals surface area contributed by atoms with Gasteiger partial charge in [0.05, 0.1) is 12.2 Å². The SMILES string of the molecule is O=S([O-])CCc1cccc(Nc2ncnc(-c3ccc(F)cc3OCCC3CC3)n2)c1. The molecule has 1 N–H and O–H groups in total. The number of halogens is 1. The highest BCUT2D eigenvalue weighted by molar-refractivity contribution is 7.79. The number of aromatic nitrogens is 3. The van der Waals surface area contributed by atoms with E-state index in [1.54, 1.807) is 6.07 Å². The van der Waals surface area contributed by atoms with Crippen molar-refractivity contribution < 1.29 is 17.9 Å². The zero-order chi connectivity index (χ0) is 21.6. The van der Waals surface area contributed by atoms with Gasteiger partial charge in [-0.25, -0.2) is 14.4 Å². The van der Waals surface area contributed by atoms with Crippen molar-refractivity contribution >= 4 is 22.7 Å². The number of nitrogens with one attached hydrogen (secondary N) is 1. The minimum Gasteiger partial charge on any atom is -0.772 e. The van der Waals surface area contributed by atoms with E-state index in [-0.39, 0.29) is 11.6 Å². The predicted molar refractivity (Wildman–Crippen MR) is 115 cm³/mol. The van der Waals surface area contributed by atoms with E-state index in [4.69, 9.17) is 4.74 Å². The molecular weight excluding hydrogens is 419 g/mol. The standard InChI is InChI=1S/C22H23FN4O3S/c23-17-6-7-19(20(13-17)30-10-8-15-4-5-15)21-24-14-25-22(27-21)26-18-3-1-2-16(12-18)9-11-31(28)29/h1-3,6-7,12-15H,4-5,8-11H2,(H,28,29)(H,24,25,26,27)/p-1. The number of nitrogens with zero attached hydrogens (tertiary/aromatic N) is 3. The van der Waals surface area contributed by atoms with Gasteiger partial charge in [-0.2, -0.15) is 4.98 Å².